The van der Waals surface area contributed by atoms with E-state index < -0.39 is 11.9 Å². The quantitative estimate of drug-likeness (QED) is 0.847. The molecule has 0 amide bonds. The molecule has 7 heteroatoms. The highest BCUT2D eigenvalue weighted by Crippen LogP contribution is 2.64. The molecule has 2 N–H and O–H groups in total. The molecular formula is C11H12N4O3. The van der Waals surface area contributed by atoms with Crippen LogP contribution in [-0.2, 0) is 4.79 Å². The Balaban J connectivity index is 1.90. The molecule has 94 valence electrons. The third-order valence-corrected chi connectivity index (χ3v) is 3.51. The lowest BCUT2D eigenvalue weighted by Crippen LogP contribution is -2.03. The predicted octanol–water partition coefficient (Wildman–Crippen LogP) is 1.28. The monoisotopic (exact) mass is 248 g/mol. The molecule has 0 saturated heterocycles. The number of nitrogens with one attached hydrogen (secondary N) is 1. The summed E-state index contributed by atoms with van der Waals surface area (Å²) in [4.78, 5) is 22.2. The number of carbonyl (C=O) groups is 1. The van der Waals surface area contributed by atoms with Crippen molar-refractivity contribution in [2.45, 2.75) is 19.8 Å². The Hall–Kier alpha value is -2.18. The van der Waals surface area contributed by atoms with Crippen LogP contribution in [-0.4, -0.2) is 31.2 Å². The lowest BCUT2D eigenvalue weighted by Gasteiger charge is -1.96. The molecule has 0 bridgehead atoms. The molecule has 18 heavy (non-hydrogen) atoms. The number of carboxylic acids is 1. The van der Waals surface area contributed by atoms with Crippen LogP contribution in [0.5, 0.6) is 0 Å². The number of aliphatic carboxylic acids is 1. The van der Waals surface area contributed by atoms with E-state index in [4.69, 9.17) is 9.63 Å². The van der Waals surface area contributed by atoms with Crippen molar-refractivity contribution in [3.05, 3.63) is 18.3 Å². The molecule has 2 aromatic rings. The Morgan fingerprint density at radius 2 is 2.33 bits per heavy atom. The number of nitrogens with zero attached hydrogens (tertiary/aromatic N) is 3. The lowest BCUT2D eigenvalue weighted by atomic mass is 10.1. The molecule has 0 radical (unpaired) electrons. The van der Waals surface area contributed by atoms with Gasteiger partial charge in [0.25, 0.3) is 0 Å². The van der Waals surface area contributed by atoms with E-state index in [1.807, 2.05) is 13.8 Å². The van der Waals surface area contributed by atoms with E-state index in [1.54, 1.807) is 12.4 Å². The highest BCUT2D eigenvalue weighted by Gasteiger charge is 2.65. The van der Waals surface area contributed by atoms with Crippen LogP contribution in [0.2, 0.25) is 0 Å². The fourth-order valence-corrected chi connectivity index (χ4v) is 2.40. The molecule has 1 aliphatic rings. The van der Waals surface area contributed by atoms with Gasteiger partial charge in [-0.25, -0.2) is 4.98 Å². The molecule has 2 aromatic heterocycles. The summed E-state index contributed by atoms with van der Waals surface area (Å²) in [5.41, 5.74) is -0.348. The third kappa shape index (κ3) is 1.43. The molecule has 2 atom stereocenters. The van der Waals surface area contributed by atoms with Crippen LogP contribution in [0, 0.1) is 11.3 Å². The molecule has 7 nitrogen and oxygen atoms in total. The van der Waals surface area contributed by atoms with Crippen molar-refractivity contribution in [3.8, 4) is 11.6 Å². The van der Waals surface area contributed by atoms with Crippen molar-refractivity contribution in [3.63, 3.8) is 0 Å². The average Bonchev–Trinajstić information content (AvgIpc) is 2.80. The van der Waals surface area contributed by atoms with Crippen LogP contribution in [0.3, 0.4) is 0 Å². The first-order valence-corrected chi connectivity index (χ1v) is 5.58. The van der Waals surface area contributed by atoms with Crippen LogP contribution in [0.15, 0.2) is 16.9 Å². The summed E-state index contributed by atoms with van der Waals surface area (Å²) >= 11 is 0. The second kappa shape index (κ2) is 3.41. The second-order valence-corrected chi connectivity index (χ2v) is 5.01. The SMILES string of the molecule is CC1(C)C(C(=O)O)C1c1nc(-c2ncc[nH]2)no1. The van der Waals surface area contributed by atoms with Gasteiger partial charge in [0.1, 0.15) is 0 Å². The minimum absolute atomic E-state index is 0.230. The first-order chi connectivity index (χ1) is 8.51. The second-order valence-electron chi connectivity index (χ2n) is 5.01. The van der Waals surface area contributed by atoms with Gasteiger partial charge in [-0.1, -0.05) is 19.0 Å². The number of aromatic amines is 1. The molecule has 3 rings (SSSR count). The molecule has 2 heterocycles. The zero-order chi connectivity index (χ0) is 12.9. The highest BCUT2D eigenvalue weighted by atomic mass is 16.5. The van der Waals surface area contributed by atoms with E-state index in [2.05, 4.69) is 20.1 Å². The third-order valence-electron chi connectivity index (χ3n) is 3.51. The fourth-order valence-electron chi connectivity index (χ4n) is 2.40. The van der Waals surface area contributed by atoms with Gasteiger partial charge in [0.15, 0.2) is 5.82 Å². The van der Waals surface area contributed by atoms with E-state index >= 15 is 0 Å². The Kier molecular flexibility index (Phi) is 2.07. The Bertz CT molecular complexity index is 587. The summed E-state index contributed by atoms with van der Waals surface area (Å²) in [5, 5.41) is 12.9. The number of aromatic nitrogens is 4. The van der Waals surface area contributed by atoms with Crippen LogP contribution >= 0.6 is 0 Å². The molecular weight excluding hydrogens is 236 g/mol. The topological polar surface area (TPSA) is 105 Å². The maximum atomic E-state index is 11.1. The minimum atomic E-state index is -0.831. The van der Waals surface area contributed by atoms with Crippen LogP contribution in [0.4, 0.5) is 0 Å². The summed E-state index contributed by atoms with van der Waals surface area (Å²) in [6.45, 7) is 3.76. The Morgan fingerprint density at radius 1 is 1.56 bits per heavy atom. The molecule has 1 fully saturated rings. The van der Waals surface area contributed by atoms with Gasteiger partial charge in [0.2, 0.25) is 11.7 Å². The smallest absolute Gasteiger partial charge is 0.307 e. The van der Waals surface area contributed by atoms with Gasteiger partial charge in [-0.2, -0.15) is 4.98 Å². The number of carboxylic acid groups (broad SMARTS) is 1. The normalized spacial score (nSPS) is 25.0. The Labute approximate surface area is 102 Å². The van der Waals surface area contributed by atoms with E-state index in [1.165, 1.54) is 0 Å². The molecule has 1 saturated carbocycles. The first-order valence-electron chi connectivity index (χ1n) is 5.58. The summed E-state index contributed by atoms with van der Waals surface area (Å²) in [5.74, 6) is -0.313. The van der Waals surface area contributed by atoms with Gasteiger partial charge >= 0.3 is 5.97 Å². The van der Waals surface area contributed by atoms with Crippen LogP contribution in [0.25, 0.3) is 11.6 Å². The number of imidazole rings is 1. The van der Waals surface area contributed by atoms with Gasteiger partial charge < -0.3 is 14.6 Å². The summed E-state index contributed by atoms with van der Waals surface area (Å²) in [6, 6.07) is 0. The van der Waals surface area contributed by atoms with E-state index in [0.29, 0.717) is 17.5 Å². The minimum Gasteiger partial charge on any atom is -0.481 e. The van der Waals surface area contributed by atoms with Crippen molar-refractivity contribution in [1.29, 1.82) is 0 Å². The maximum Gasteiger partial charge on any atom is 0.307 e. The van der Waals surface area contributed by atoms with Crippen molar-refractivity contribution < 1.29 is 14.4 Å². The van der Waals surface area contributed by atoms with Crippen molar-refractivity contribution in [1.82, 2.24) is 20.1 Å². The van der Waals surface area contributed by atoms with Crippen molar-refractivity contribution >= 4 is 5.97 Å². The number of hydrogen-bond donors (Lipinski definition) is 2. The number of H-pyrrole nitrogens is 1. The van der Waals surface area contributed by atoms with Gasteiger partial charge in [-0.15, -0.1) is 0 Å². The number of rotatable bonds is 3. The number of hydrogen-bond acceptors (Lipinski definition) is 5. The fraction of sp³-hybridized carbons (Fsp3) is 0.455. The van der Waals surface area contributed by atoms with E-state index in [9.17, 15) is 4.79 Å². The van der Waals surface area contributed by atoms with Gasteiger partial charge in [-0.3, -0.25) is 4.79 Å². The van der Waals surface area contributed by atoms with Crippen LogP contribution < -0.4 is 0 Å². The zero-order valence-electron chi connectivity index (χ0n) is 9.91. The molecule has 2 unspecified atom stereocenters. The first kappa shape index (κ1) is 10.9. The van der Waals surface area contributed by atoms with Gasteiger partial charge in [0.05, 0.1) is 11.8 Å². The largest absolute Gasteiger partial charge is 0.481 e. The zero-order valence-corrected chi connectivity index (χ0v) is 9.91. The van der Waals surface area contributed by atoms with Crippen molar-refractivity contribution in [2.24, 2.45) is 11.3 Å². The summed E-state index contributed by atoms with van der Waals surface area (Å²) in [7, 11) is 0. The molecule has 0 aliphatic heterocycles. The molecule has 1 aliphatic carbocycles. The molecule has 0 spiro atoms. The Morgan fingerprint density at radius 3 is 2.89 bits per heavy atom. The predicted molar refractivity (Wildman–Crippen MR) is 59.5 cm³/mol. The summed E-state index contributed by atoms with van der Waals surface area (Å²) < 4.78 is 5.14. The van der Waals surface area contributed by atoms with Gasteiger partial charge in [0, 0.05) is 12.4 Å². The van der Waals surface area contributed by atoms with E-state index in [0.717, 1.165) is 0 Å². The summed E-state index contributed by atoms with van der Waals surface area (Å²) in [6.07, 6.45) is 3.25. The standard InChI is InChI=1S/C11H12N4O3/c1-11(2)5(6(11)10(16)17)9-14-8(15-18-9)7-12-3-4-13-7/h3-6H,1-2H3,(H,12,13)(H,16,17). The van der Waals surface area contributed by atoms with Crippen molar-refractivity contribution in [2.75, 3.05) is 0 Å². The average molecular weight is 248 g/mol. The maximum absolute atomic E-state index is 11.1. The highest BCUT2D eigenvalue weighted by molar-refractivity contribution is 5.77. The lowest BCUT2D eigenvalue weighted by molar-refractivity contribution is -0.139. The van der Waals surface area contributed by atoms with Crippen LogP contribution in [0.1, 0.15) is 25.7 Å². The van der Waals surface area contributed by atoms with Gasteiger partial charge in [-0.05, 0) is 5.41 Å². The molecule has 0 aromatic carbocycles. The van der Waals surface area contributed by atoms with E-state index in [-0.39, 0.29) is 11.3 Å².